The molecular formula is C15H17F5N4O3. The number of amides is 1. The van der Waals surface area contributed by atoms with Gasteiger partial charge in [-0.05, 0) is 24.6 Å². The zero-order valence-corrected chi connectivity index (χ0v) is 13.9. The summed E-state index contributed by atoms with van der Waals surface area (Å²) in [6, 6.07) is 2.84. The number of hydrogen-bond donors (Lipinski definition) is 4. The topological polar surface area (TPSA) is 85.9 Å². The lowest BCUT2D eigenvalue weighted by molar-refractivity contribution is -0.274. The fraction of sp³-hybridized carbons (Fsp3) is 0.533. The highest BCUT2D eigenvalue weighted by Crippen LogP contribution is 2.34. The Kier molecular flexibility index (Phi) is 5.25. The molecule has 150 valence electrons. The van der Waals surface area contributed by atoms with Crippen LogP contribution in [0.3, 0.4) is 0 Å². The van der Waals surface area contributed by atoms with Crippen LogP contribution in [0.4, 0.5) is 22.0 Å². The number of rotatable bonds is 4. The van der Waals surface area contributed by atoms with Gasteiger partial charge in [-0.1, -0.05) is 12.1 Å². The van der Waals surface area contributed by atoms with Gasteiger partial charge in [0.05, 0.1) is 18.1 Å². The van der Waals surface area contributed by atoms with Crippen molar-refractivity contribution in [2.45, 2.75) is 44.3 Å². The minimum Gasteiger partial charge on any atom is -0.406 e. The lowest BCUT2D eigenvalue weighted by Crippen LogP contribution is -2.64. The van der Waals surface area contributed by atoms with Crippen LogP contribution in [0.2, 0.25) is 0 Å². The Morgan fingerprint density at radius 3 is 2.41 bits per heavy atom. The van der Waals surface area contributed by atoms with Crippen LogP contribution >= 0.6 is 0 Å². The molecule has 7 nitrogen and oxygen atoms in total. The van der Waals surface area contributed by atoms with Crippen LogP contribution < -0.4 is 20.8 Å². The molecule has 4 N–H and O–H groups in total. The van der Waals surface area contributed by atoms with Crippen molar-refractivity contribution < 1.29 is 36.6 Å². The summed E-state index contributed by atoms with van der Waals surface area (Å²) in [6.45, 7) is 1.62. The third kappa shape index (κ3) is 4.13. The van der Waals surface area contributed by atoms with Crippen molar-refractivity contribution in [3.05, 3.63) is 29.8 Å². The molecule has 1 aromatic carbocycles. The summed E-state index contributed by atoms with van der Waals surface area (Å²) in [5.74, 6) is -2.31. The van der Waals surface area contributed by atoms with Gasteiger partial charge in [-0.15, -0.1) is 13.2 Å². The number of alkyl halides is 5. The molecule has 3 rings (SSSR count). The lowest BCUT2D eigenvalue weighted by atomic mass is 9.95. The Bertz CT molecular complexity index is 687. The van der Waals surface area contributed by atoms with Crippen LogP contribution in [-0.4, -0.2) is 47.4 Å². The van der Waals surface area contributed by atoms with Crippen molar-refractivity contribution in [1.82, 2.24) is 21.1 Å². The molecule has 0 aliphatic carbocycles. The van der Waals surface area contributed by atoms with Gasteiger partial charge < -0.3 is 15.2 Å². The molecule has 2 aliphatic heterocycles. The number of carbonyl (C=O) groups is 1. The summed E-state index contributed by atoms with van der Waals surface area (Å²) in [4.78, 5) is 12.0. The van der Waals surface area contributed by atoms with Gasteiger partial charge in [0.15, 0.2) is 6.35 Å². The fourth-order valence-corrected chi connectivity index (χ4v) is 3.30. The second kappa shape index (κ2) is 7.19. The Balaban J connectivity index is 1.81. The largest absolute Gasteiger partial charge is 0.573 e. The molecule has 12 heteroatoms. The molecule has 27 heavy (non-hydrogen) atoms. The van der Waals surface area contributed by atoms with Crippen molar-refractivity contribution in [2.75, 3.05) is 0 Å². The summed E-state index contributed by atoms with van der Waals surface area (Å²) >= 11 is 0. The highest BCUT2D eigenvalue weighted by molar-refractivity contribution is 5.81. The van der Waals surface area contributed by atoms with E-state index in [2.05, 4.69) is 20.8 Å². The third-order valence-corrected chi connectivity index (χ3v) is 4.52. The number of ether oxygens (including phenoxy) is 1. The number of aliphatic hydroxyl groups is 1. The zero-order chi connectivity index (χ0) is 19.9. The smallest absolute Gasteiger partial charge is 0.406 e. The molecule has 2 heterocycles. The van der Waals surface area contributed by atoms with E-state index in [1.54, 1.807) is 6.92 Å². The Morgan fingerprint density at radius 2 is 1.85 bits per heavy atom. The van der Waals surface area contributed by atoms with E-state index in [1.165, 1.54) is 17.1 Å². The van der Waals surface area contributed by atoms with E-state index in [0.29, 0.717) is 5.56 Å². The summed E-state index contributed by atoms with van der Waals surface area (Å²) in [7, 11) is 0. The molecular weight excluding hydrogens is 379 g/mol. The zero-order valence-electron chi connectivity index (χ0n) is 13.9. The number of carbonyl (C=O) groups excluding carboxylic acids is 1. The molecule has 0 aromatic heterocycles. The fourth-order valence-electron chi connectivity index (χ4n) is 3.30. The predicted octanol–water partition coefficient (Wildman–Crippen LogP) is 1.04. The summed E-state index contributed by atoms with van der Waals surface area (Å²) in [5, 5.41) is 15.8. The van der Waals surface area contributed by atoms with Gasteiger partial charge in [0, 0.05) is 6.04 Å². The van der Waals surface area contributed by atoms with Gasteiger partial charge >= 0.3 is 6.36 Å². The molecule has 0 radical (unpaired) electrons. The van der Waals surface area contributed by atoms with Gasteiger partial charge in [0.2, 0.25) is 5.91 Å². The van der Waals surface area contributed by atoms with Crippen LogP contribution in [0.15, 0.2) is 24.3 Å². The molecule has 2 aliphatic rings. The van der Waals surface area contributed by atoms with Gasteiger partial charge in [-0.2, -0.15) is 0 Å². The second-order valence-electron chi connectivity index (χ2n) is 6.24. The Hall–Kier alpha value is -2.02. The van der Waals surface area contributed by atoms with E-state index >= 15 is 0 Å². The Labute approximate surface area is 150 Å². The first kappa shape index (κ1) is 19.7. The minimum absolute atomic E-state index is 0.415. The molecule has 2 saturated heterocycles. The summed E-state index contributed by atoms with van der Waals surface area (Å²) < 4.78 is 67.2. The maximum absolute atomic E-state index is 13.3. The number of aliphatic hydroxyl groups excluding tert-OH is 1. The van der Waals surface area contributed by atoms with E-state index in [0.717, 1.165) is 12.1 Å². The van der Waals surface area contributed by atoms with Crippen LogP contribution in [-0.2, 0) is 4.79 Å². The average molecular weight is 396 g/mol. The maximum atomic E-state index is 13.3. The number of nitrogens with zero attached hydrogens (tertiary/aromatic N) is 1. The number of benzene rings is 1. The molecule has 5 unspecified atom stereocenters. The number of nitrogens with one attached hydrogen (secondary N) is 3. The van der Waals surface area contributed by atoms with E-state index in [-0.39, 0.29) is 0 Å². The van der Waals surface area contributed by atoms with Crippen molar-refractivity contribution in [1.29, 1.82) is 0 Å². The molecule has 1 aromatic rings. The SMILES string of the molecule is CC(c1ccc(OC(F)(F)F)cc1)N1NC(C(F)F)C2C(=O)NC(O)NC21. The van der Waals surface area contributed by atoms with E-state index in [1.807, 2.05) is 0 Å². The van der Waals surface area contributed by atoms with Gasteiger partial charge in [0.1, 0.15) is 5.75 Å². The standard InChI is InChI=1S/C15H17F5N4O3/c1-6(7-2-4-8(5-3-7)27-15(18,19)20)24-12-9(10(23-24)11(16)17)13(25)22-14(26)21-12/h2-6,9-12,14,21,23,26H,1H3,(H,22,25). The molecule has 5 atom stereocenters. The van der Waals surface area contributed by atoms with Crippen molar-refractivity contribution in [3.8, 4) is 5.75 Å². The van der Waals surface area contributed by atoms with Gasteiger partial charge in [0.25, 0.3) is 6.43 Å². The van der Waals surface area contributed by atoms with Crippen LogP contribution in [0.25, 0.3) is 0 Å². The predicted molar refractivity (Wildman–Crippen MR) is 80.9 cm³/mol. The highest BCUT2D eigenvalue weighted by atomic mass is 19.4. The number of hydrogen-bond acceptors (Lipinski definition) is 6. The van der Waals surface area contributed by atoms with Crippen LogP contribution in [0.1, 0.15) is 18.5 Å². The number of hydrazine groups is 1. The van der Waals surface area contributed by atoms with Crippen molar-refractivity contribution >= 4 is 5.91 Å². The Morgan fingerprint density at radius 1 is 1.22 bits per heavy atom. The molecule has 1 amide bonds. The third-order valence-electron chi connectivity index (χ3n) is 4.52. The number of fused-ring (bicyclic) bond motifs is 1. The summed E-state index contributed by atoms with van der Waals surface area (Å²) in [6.07, 6.45) is -10.0. The first-order valence-electron chi connectivity index (χ1n) is 7.99. The minimum atomic E-state index is -4.82. The maximum Gasteiger partial charge on any atom is 0.573 e. The van der Waals surface area contributed by atoms with Gasteiger partial charge in [-0.3, -0.25) is 10.1 Å². The molecule has 2 fully saturated rings. The van der Waals surface area contributed by atoms with E-state index < -0.39 is 55.0 Å². The average Bonchev–Trinajstić information content (AvgIpc) is 2.93. The monoisotopic (exact) mass is 396 g/mol. The molecule has 0 spiro atoms. The van der Waals surface area contributed by atoms with Crippen molar-refractivity contribution in [2.24, 2.45) is 5.92 Å². The van der Waals surface area contributed by atoms with E-state index in [4.69, 9.17) is 0 Å². The normalized spacial score (nSPS) is 30.1. The second-order valence-corrected chi connectivity index (χ2v) is 6.24. The van der Waals surface area contributed by atoms with Crippen LogP contribution in [0.5, 0.6) is 5.75 Å². The first-order chi connectivity index (χ1) is 12.6. The van der Waals surface area contributed by atoms with E-state index in [9.17, 15) is 31.9 Å². The summed E-state index contributed by atoms with van der Waals surface area (Å²) in [5.41, 5.74) is 3.07. The van der Waals surface area contributed by atoms with Gasteiger partial charge in [-0.25, -0.2) is 19.2 Å². The number of halogens is 5. The quantitative estimate of drug-likeness (QED) is 0.569. The first-order valence-corrected chi connectivity index (χ1v) is 7.99. The van der Waals surface area contributed by atoms with Crippen molar-refractivity contribution in [3.63, 3.8) is 0 Å². The molecule has 0 bridgehead atoms. The van der Waals surface area contributed by atoms with Crippen LogP contribution in [0, 0.1) is 5.92 Å². The molecule has 0 saturated carbocycles. The highest BCUT2D eigenvalue weighted by Gasteiger charge is 2.53. The lowest BCUT2D eigenvalue weighted by Gasteiger charge is -2.37.